The van der Waals surface area contributed by atoms with Gasteiger partial charge in [-0.2, -0.15) is 0 Å². The lowest BCUT2D eigenvalue weighted by Gasteiger charge is -2.14. The number of benzene rings is 3. The smallest absolute Gasteiger partial charge is 0.343 e. The summed E-state index contributed by atoms with van der Waals surface area (Å²) in [7, 11) is 0. The minimum atomic E-state index is -0.637. The monoisotopic (exact) mass is 579 g/mol. The molecule has 3 aromatic rings. The summed E-state index contributed by atoms with van der Waals surface area (Å²) in [5.74, 6) is -1.68. The number of carbonyl (C=O) groups is 3. The van der Waals surface area contributed by atoms with Crippen molar-refractivity contribution in [2.24, 2.45) is 0 Å². The standard InChI is InChI=1S/C24H13BrCl2FNO4S/c25-15-7-8-20(33-23(31)13-3-1-4-16(26)10-13)14(9-15)11-21-22(30)29(24(32)34-21)12-17-18(27)5-2-6-19(17)28/h1-11H,12H2/b21-11-. The van der Waals surface area contributed by atoms with E-state index in [9.17, 15) is 18.8 Å². The second kappa shape index (κ2) is 10.3. The summed E-state index contributed by atoms with van der Waals surface area (Å²) in [5.41, 5.74) is 0.689. The van der Waals surface area contributed by atoms with E-state index in [1.807, 2.05) is 0 Å². The van der Waals surface area contributed by atoms with Crippen LogP contribution in [0.1, 0.15) is 21.5 Å². The molecular weight excluding hydrogens is 568 g/mol. The zero-order valence-electron chi connectivity index (χ0n) is 17.1. The van der Waals surface area contributed by atoms with Crippen LogP contribution in [0.25, 0.3) is 6.08 Å². The molecule has 0 N–H and O–H groups in total. The Hall–Kier alpha value is -2.65. The summed E-state index contributed by atoms with van der Waals surface area (Å²) in [5, 5.41) is -0.0672. The molecule has 0 aromatic heterocycles. The van der Waals surface area contributed by atoms with Crippen LogP contribution in [0, 0.1) is 5.82 Å². The van der Waals surface area contributed by atoms with E-state index >= 15 is 0 Å². The van der Waals surface area contributed by atoms with Crippen molar-refractivity contribution in [1.82, 2.24) is 4.90 Å². The lowest BCUT2D eigenvalue weighted by atomic mass is 10.1. The van der Waals surface area contributed by atoms with Crippen LogP contribution < -0.4 is 4.74 Å². The third-order valence-electron chi connectivity index (χ3n) is 4.77. The Morgan fingerprint density at radius 1 is 1.09 bits per heavy atom. The Bertz CT molecular complexity index is 1340. The van der Waals surface area contributed by atoms with E-state index in [2.05, 4.69) is 15.9 Å². The first-order chi connectivity index (χ1) is 16.2. The van der Waals surface area contributed by atoms with E-state index in [0.717, 1.165) is 4.90 Å². The Balaban J connectivity index is 1.61. The van der Waals surface area contributed by atoms with Crippen molar-refractivity contribution in [2.45, 2.75) is 6.54 Å². The van der Waals surface area contributed by atoms with Gasteiger partial charge >= 0.3 is 5.97 Å². The lowest BCUT2D eigenvalue weighted by Crippen LogP contribution is -2.28. The van der Waals surface area contributed by atoms with E-state index in [1.165, 1.54) is 30.3 Å². The second-order valence-corrected chi connectivity index (χ2v) is 9.80. The fourth-order valence-corrected chi connectivity index (χ4v) is 4.74. The SMILES string of the molecule is O=C(Oc1ccc(Br)cc1/C=C1\SC(=O)N(Cc2c(F)cccc2Cl)C1=O)c1cccc(Cl)c1. The van der Waals surface area contributed by atoms with E-state index in [-0.39, 0.29) is 33.3 Å². The maximum atomic E-state index is 14.2. The molecule has 34 heavy (non-hydrogen) atoms. The van der Waals surface area contributed by atoms with Gasteiger partial charge in [0, 0.05) is 25.6 Å². The molecule has 5 nitrogen and oxygen atoms in total. The lowest BCUT2D eigenvalue weighted by molar-refractivity contribution is -0.123. The molecule has 2 amide bonds. The molecule has 0 aliphatic carbocycles. The summed E-state index contributed by atoms with van der Waals surface area (Å²) < 4.78 is 20.4. The number of halogens is 4. The van der Waals surface area contributed by atoms with Crippen molar-refractivity contribution in [2.75, 3.05) is 0 Å². The number of nitrogens with zero attached hydrogens (tertiary/aromatic N) is 1. The highest BCUT2D eigenvalue weighted by Crippen LogP contribution is 2.36. The largest absolute Gasteiger partial charge is 0.422 e. The highest BCUT2D eigenvalue weighted by molar-refractivity contribution is 9.10. The number of rotatable bonds is 5. The predicted molar refractivity (Wildman–Crippen MR) is 133 cm³/mol. The van der Waals surface area contributed by atoms with E-state index in [1.54, 1.807) is 36.4 Å². The summed E-state index contributed by atoms with van der Waals surface area (Å²) in [4.78, 5) is 39.0. The molecule has 1 fully saturated rings. The number of thioether (sulfide) groups is 1. The van der Waals surface area contributed by atoms with Crippen LogP contribution in [-0.2, 0) is 11.3 Å². The third-order valence-corrected chi connectivity index (χ3v) is 6.76. The minimum absolute atomic E-state index is 0.0475. The number of esters is 1. The highest BCUT2D eigenvalue weighted by atomic mass is 79.9. The number of carbonyl (C=O) groups excluding carboxylic acids is 3. The average Bonchev–Trinajstić information content (AvgIpc) is 3.05. The molecule has 0 radical (unpaired) electrons. The van der Waals surface area contributed by atoms with Gasteiger partial charge < -0.3 is 4.74 Å². The summed E-state index contributed by atoms with van der Waals surface area (Å²) >= 11 is 16.0. The number of hydrogen-bond donors (Lipinski definition) is 0. The summed E-state index contributed by atoms with van der Waals surface area (Å²) in [6.45, 7) is -0.303. The average molecular weight is 581 g/mol. The molecule has 1 saturated heterocycles. The first-order valence-corrected chi connectivity index (χ1v) is 12.0. The number of hydrogen-bond acceptors (Lipinski definition) is 5. The van der Waals surface area contributed by atoms with Crippen molar-refractivity contribution < 1.29 is 23.5 Å². The zero-order chi connectivity index (χ0) is 24.4. The molecule has 0 spiro atoms. The van der Waals surface area contributed by atoms with E-state index in [4.69, 9.17) is 27.9 Å². The number of amides is 2. The van der Waals surface area contributed by atoms with Gasteiger partial charge in [-0.25, -0.2) is 9.18 Å². The maximum absolute atomic E-state index is 14.2. The first-order valence-electron chi connectivity index (χ1n) is 9.68. The van der Waals surface area contributed by atoms with Crippen molar-refractivity contribution in [3.63, 3.8) is 0 Å². The minimum Gasteiger partial charge on any atom is -0.422 e. The number of ether oxygens (including phenoxy) is 1. The maximum Gasteiger partial charge on any atom is 0.343 e. The van der Waals surface area contributed by atoms with Crippen LogP contribution in [0.4, 0.5) is 9.18 Å². The van der Waals surface area contributed by atoms with Gasteiger partial charge in [0.25, 0.3) is 11.1 Å². The van der Waals surface area contributed by atoms with Crippen molar-refractivity contribution in [3.05, 3.63) is 103 Å². The van der Waals surface area contributed by atoms with Gasteiger partial charge in [0.05, 0.1) is 17.0 Å². The second-order valence-electron chi connectivity index (χ2n) is 7.05. The van der Waals surface area contributed by atoms with Crippen molar-refractivity contribution >= 4 is 74.1 Å². The molecular formula is C24H13BrCl2FNO4S. The Kier molecular flexibility index (Phi) is 7.42. The molecule has 0 atom stereocenters. The van der Waals surface area contributed by atoms with E-state index in [0.29, 0.717) is 26.8 Å². The van der Waals surface area contributed by atoms with Gasteiger partial charge in [0.1, 0.15) is 11.6 Å². The molecule has 10 heteroatoms. The molecule has 0 unspecified atom stereocenters. The van der Waals surface area contributed by atoms with Crippen LogP contribution in [0.2, 0.25) is 10.0 Å². The molecule has 4 rings (SSSR count). The van der Waals surface area contributed by atoms with Crippen molar-refractivity contribution in [1.29, 1.82) is 0 Å². The first kappa shape index (κ1) is 24.5. The van der Waals surface area contributed by atoms with Gasteiger partial charge in [-0.3, -0.25) is 14.5 Å². The van der Waals surface area contributed by atoms with Gasteiger partial charge in [0.2, 0.25) is 0 Å². The van der Waals surface area contributed by atoms with Crippen LogP contribution in [0.3, 0.4) is 0 Å². The van der Waals surface area contributed by atoms with Gasteiger partial charge in [-0.15, -0.1) is 0 Å². The van der Waals surface area contributed by atoms with Crippen LogP contribution in [-0.4, -0.2) is 22.0 Å². The molecule has 1 aliphatic heterocycles. The normalized spacial score (nSPS) is 14.7. The third kappa shape index (κ3) is 5.36. The summed E-state index contributed by atoms with van der Waals surface area (Å²) in [6, 6.07) is 15.3. The zero-order valence-corrected chi connectivity index (χ0v) is 21.0. The Morgan fingerprint density at radius 3 is 2.59 bits per heavy atom. The molecule has 3 aromatic carbocycles. The van der Waals surface area contributed by atoms with Gasteiger partial charge in [-0.05, 0) is 66.4 Å². The predicted octanol–water partition coefficient (Wildman–Crippen LogP) is 7.35. The molecule has 172 valence electrons. The van der Waals surface area contributed by atoms with Crippen LogP contribution in [0.15, 0.2) is 70.0 Å². The topological polar surface area (TPSA) is 63.7 Å². The van der Waals surface area contributed by atoms with Gasteiger partial charge in [-0.1, -0.05) is 51.3 Å². The molecule has 1 heterocycles. The molecule has 0 saturated carbocycles. The van der Waals surface area contributed by atoms with Crippen LogP contribution >= 0.6 is 50.9 Å². The Morgan fingerprint density at radius 2 is 1.85 bits per heavy atom. The van der Waals surface area contributed by atoms with Gasteiger partial charge in [0.15, 0.2) is 0 Å². The fraction of sp³-hybridized carbons (Fsp3) is 0.0417. The quantitative estimate of drug-likeness (QED) is 0.179. The Labute approximate surface area is 216 Å². The van der Waals surface area contributed by atoms with E-state index < -0.39 is 22.9 Å². The molecule has 1 aliphatic rings. The van der Waals surface area contributed by atoms with Crippen LogP contribution in [0.5, 0.6) is 5.75 Å². The number of imide groups is 1. The fourth-order valence-electron chi connectivity index (χ4n) is 3.12. The molecule has 0 bridgehead atoms. The van der Waals surface area contributed by atoms with Crippen molar-refractivity contribution in [3.8, 4) is 5.75 Å². The highest BCUT2D eigenvalue weighted by Gasteiger charge is 2.36. The summed E-state index contributed by atoms with van der Waals surface area (Å²) in [6.07, 6.45) is 1.44.